The van der Waals surface area contributed by atoms with E-state index in [-0.39, 0.29) is 35.5 Å². The van der Waals surface area contributed by atoms with Crippen LogP contribution in [0.3, 0.4) is 0 Å². The Morgan fingerprint density at radius 2 is 1.47 bits per heavy atom. The SMILES string of the molecule is CN[C@@H](C)C(=O)N[C@H](C(=O)N1CCC[C@H]1c1nc(C(=O)c2cccc(OCCOCCOCCOCCOCCNC(=O)c3ccc(-c4nc(CNc5nccc(NCC(C)C)n5)cs4)cc3)c2)cs1)C1CCCCC1. The van der Waals surface area contributed by atoms with E-state index in [4.69, 9.17) is 33.7 Å². The molecule has 4 heterocycles. The van der Waals surface area contributed by atoms with Crippen LogP contribution in [0.5, 0.6) is 5.75 Å². The van der Waals surface area contributed by atoms with E-state index in [1.807, 2.05) is 28.5 Å². The molecule has 0 spiro atoms. The number of hydrogen-bond acceptors (Lipinski definition) is 18. The third-order valence-electron chi connectivity index (χ3n) is 13.0. The van der Waals surface area contributed by atoms with E-state index in [2.05, 4.69) is 50.4 Å². The molecule has 3 amide bonds. The molecule has 3 atom stereocenters. The van der Waals surface area contributed by atoms with E-state index in [9.17, 15) is 19.2 Å². The van der Waals surface area contributed by atoms with Gasteiger partial charge in [0, 0.05) is 53.3 Å². The fourth-order valence-corrected chi connectivity index (χ4v) is 10.5. The summed E-state index contributed by atoms with van der Waals surface area (Å²) in [5.41, 5.74) is 3.14. The highest BCUT2D eigenvalue weighted by Gasteiger charge is 2.40. The number of hydrogen-bond donors (Lipinski definition) is 5. The van der Waals surface area contributed by atoms with Crippen molar-refractivity contribution in [3.8, 4) is 16.3 Å². The Balaban J connectivity index is 0.701. The summed E-state index contributed by atoms with van der Waals surface area (Å²) in [6.45, 7) is 11.7. The van der Waals surface area contributed by atoms with Crippen molar-refractivity contribution in [2.45, 2.75) is 90.4 Å². The van der Waals surface area contributed by atoms with Crippen LogP contribution in [0.1, 0.15) is 109 Å². The first-order valence-electron chi connectivity index (χ1n) is 26.5. The number of likely N-dealkylation sites (N-methyl/N-ethyl adjacent to an activating group) is 1. The monoisotopic (exact) mass is 1080 g/mol. The average Bonchev–Trinajstić information content (AvgIpc) is 4.26. The van der Waals surface area contributed by atoms with Gasteiger partial charge in [0.05, 0.1) is 77.2 Å². The Hall–Kier alpha value is -5.94. The van der Waals surface area contributed by atoms with Crippen molar-refractivity contribution in [1.29, 1.82) is 0 Å². The van der Waals surface area contributed by atoms with Crippen LogP contribution < -0.4 is 31.3 Å². The van der Waals surface area contributed by atoms with Gasteiger partial charge in [-0.05, 0) is 81.8 Å². The van der Waals surface area contributed by atoms with Crippen LogP contribution in [0.15, 0.2) is 71.6 Å². The maximum Gasteiger partial charge on any atom is 0.251 e. The van der Waals surface area contributed by atoms with E-state index >= 15 is 0 Å². The van der Waals surface area contributed by atoms with Crippen molar-refractivity contribution < 1.29 is 42.9 Å². The van der Waals surface area contributed by atoms with Crippen molar-refractivity contribution in [2.75, 3.05) is 96.8 Å². The van der Waals surface area contributed by atoms with Crippen molar-refractivity contribution in [3.63, 3.8) is 0 Å². The van der Waals surface area contributed by atoms with Crippen LogP contribution in [0.4, 0.5) is 11.8 Å². The maximum absolute atomic E-state index is 14.2. The number of nitrogens with zero attached hydrogens (tertiary/aromatic N) is 5. The van der Waals surface area contributed by atoms with Crippen LogP contribution in [0, 0.1) is 11.8 Å². The van der Waals surface area contributed by atoms with Gasteiger partial charge < -0.3 is 55.2 Å². The first-order valence-corrected chi connectivity index (χ1v) is 28.3. The van der Waals surface area contributed by atoms with E-state index < -0.39 is 12.1 Å². The number of carbonyl (C=O) groups excluding carboxylic acids is 4. The van der Waals surface area contributed by atoms with Gasteiger partial charge in [-0.1, -0.05) is 57.4 Å². The molecule has 0 radical (unpaired) electrons. The second-order valence-corrected chi connectivity index (χ2v) is 20.9. The van der Waals surface area contributed by atoms with Gasteiger partial charge in [-0.2, -0.15) is 4.98 Å². The molecule has 5 N–H and O–H groups in total. The molecule has 7 rings (SSSR count). The van der Waals surface area contributed by atoms with Gasteiger partial charge in [0.25, 0.3) is 5.91 Å². The average molecular weight is 1080 g/mol. The smallest absolute Gasteiger partial charge is 0.251 e. The van der Waals surface area contributed by atoms with E-state index in [0.717, 1.165) is 78.6 Å². The molecule has 76 heavy (non-hydrogen) atoms. The molecular weight excluding hydrogens is 1010 g/mol. The highest BCUT2D eigenvalue weighted by atomic mass is 32.1. The first kappa shape index (κ1) is 57.8. The highest BCUT2D eigenvalue weighted by molar-refractivity contribution is 7.13. The Kier molecular flexibility index (Phi) is 23.3. The third kappa shape index (κ3) is 17.8. The molecule has 19 nitrogen and oxygen atoms in total. The van der Waals surface area contributed by atoms with Gasteiger partial charge in [-0.3, -0.25) is 19.2 Å². The molecule has 1 saturated carbocycles. The lowest BCUT2D eigenvalue weighted by Crippen LogP contribution is -2.55. The topological polar surface area (TPSA) is 229 Å². The lowest BCUT2D eigenvalue weighted by molar-refractivity contribution is -0.139. The van der Waals surface area contributed by atoms with Crippen molar-refractivity contribution in [2.24, 2.45) is 11.8 Å². The van der Waals surface area contributed by atoms with Gasteiger partial charge in [0.1, 0.15) is 39.9 Å². The number of ether oxygens (including phenoxy) is 5. The van der Waals surface area contributed by atoms with Crippen LogP contribution in [0.2, 0.25) is 0 Å². The largest absolute Gasteiger partial charge is 0.491 e. The minimum absolute atomic E-state index is 0.0609. The first-order chi connectivity index (χ1) is 37.1. The zero-order valence-corrected chi connectivity index (χ0v) is 45.8. The molecule has 1 aliphatic carbocycles. The maximum atomic E-state index is 14.2. The number of amides is 3. The number of aromatic nitrogens is 4. The standard InChI is InChI=1S/C55H74N10O9S2/c1-37(2)33-59-47-19-20-58-55(63-47)60-34-43-35-75-52(61-43)41-17-15-40(16-18-41)51(68)57-21-23-70-24-25-71-26-27-72-28-29-73-30-31-74-44-13-8-12-42(32-44)49(66)45-36-76-53(62-45)46-14-9-22-65(46)54(69)48(39-10-6-5-7-11-39)64-50(67)38(3)56-4/h8,12-13,15-20,32,35-39,46,48,56H,5-7,9-11,14,21-31,33-34H2,1-4H3,(H,57,68)(H,64,67)(H2,58,59,60,63)/t38-,46-,48-/m0/s1. The lowest BCUT2D eigenvalue weighted by Gasteiger charge is -2.35. The van der Waals surface area contributed by atoms with Gasteiger partial charge in [-0.15, -0.1) is 22.7 Å². The zero-order chi connectivity index (χ0) is 53.5. The Morgan fingerprint density at radius 3 is 2.20 bits per heavy atom. The van der Waals surface area contributed by atoms with E-state index in [1.54, 1.807) is 61.9 Å². The van der Waals surface area contributed by atoms with Crippen LogP contribution in [-0.4, -0.2) is 147 Å². The molecular formula is C55H74N10O9S2. The Labute approximate surface area is 454 Å². The summed E-state index contributed by atoms with van der Waals surface area (Å²) >= 11 is 2.93. The molecule has 2 aliphatic rings. The number of thiazole rings is 2. The number of rotatable bonds is 32. The number of ketones is 1. The van der Waals surface area contributed by atoms with Gasteiger partial charge in [-0.25, -0.2) is 15.0 Å². The fraction of sp³-hybridized carbons (Fsp3) is 0.527. The molecule has 3 aromatic heterocycles. The van der Waals surface area contributed by atoms with Crippen LogP contribution in [-0.2, 0) is 35.1 Å². The molecule has 1 saturated heterocycles. The summed E-state index contributed by atoms with van der Waals surface area (Å²) in [6.07, 6.45) is 8.38. The summed E-state index contributed by atoms with van der Waals surface area (Å²) in [7, 11) is 1.74. The molecule has 1 aliphatic heterocycles. The number of anilines is 2. The minimum Gasteiger partial charge on any atom is -0.491 e. The van der Waals surface area contributed by atoms with Crippen LogP contribution >= 0.6 is 22.7 Å². The Morgan fingerprint density at radius 1 is 0.750 bits per heavy atom. The van der Waals surface area contributed by atoms with E-state index in [0.29, 0.717) is 114 Å². The fourth-order valence-electron chi connectivity index (χ4n) is 8.77. The zero-order valence-electron chi connectivity index (χ0n) is 44.2. The summed E-state index contributed by atoms with van der Waals surface area (Å²) in [5.74, 6) is 1.83. The third-order valence-corrected chi connectivity index (χ3v) is 14.9. The molecule has 2 fully saturated rings. The molecule has 0 bridgehead atoms. The number of likely N-dealkylation sites (tertiary alicyclic amines) is 1. The number of benzene rings is 2. The minimum atomic E-state index is -0.583. The number of nitrogens with one attached hydrogen (secondary N) is 5. The molecule has 5 aromatic rings. The second-order valence-electron chi connectivity index (χ2n) is 19.2. The van der Waals surface area contributed by atoms with Gasteiger partial charge in [0.15, 0.2) is 0 Å². The quantitative estimate of drug-likeness (QED) is 0.0212. The molecule has 410 valence electrons. The number of carbonyl (C=O) groups is 4. The van der Waals surface area contributed by atoms with Crippen LogP contribution in [0.25, 0.3) is 10.6 Å². The predicted octanol–water partition coefficient (Wildman–Crippen LogP) is 7.18. The molecule has 2 aromatic carbocycles. The summed E-state index contributed by atoms with van der Waals surface area (Å²) in [5, 5.41) is 20.8. The summed E-state index contributed by atoms with van der Waals surface area (Å²) in [4.78, 5) is 73.7. The summed E-state index contributed by atoms with van der Waals surface area (Å²) in [6, 6.07) is 15.0. The molecule has 21 heteroatoms. The van der Waals surface area contributed by atoms with E-state index in [1.165, 1.54) is 22.7 Å². The highest BCUT2D eigenvalue weighted by Crippen LogP contribution is 2.37. The van der Waals surface area contributed by atoms with Crippen molar-refractivity contribution in [1.82, 2.24) is 40.8 Å². The second kappa shape index (κ2) is 30.7. The van der Waals surface area contributed by atoms with Crippen molar-refractivity contribution in [3.05, 3.63) is 99.1 Å². The predicted molar refractivity (Wildman–Crippen MR) is 294 cm³/mol. The summed E-state index contributed by atoms with van der Waals surface area (Å²) < 4.78 is 28.4. The normalized spacial score (nSPS) is 15.6. The van der Waals surface area contributed by atoms with Crippen molar-refractivity contribution >= 4 is 57.9 Å². The van der Waals surface area contributed by atoms with Gasteiger partial charge >= 0.3 is 0 Å². The van der Waals surface area contributed by atoms with Gasteiger partial charge in [0.2, 0.25) is 23.5 Å². The lowest BCUT2D eigenvalue weighted by atomic mass is 9.83. The molecule has 0 unspecified atom stereocenters. The Bertz CT molecular complexity index is 2590.